The van der Waals surface area contributed by atoms with Gasteiger partial charge in [0, 0.05) is 16.5 Å². The summed E-state index contributed by atoms with van der Waals surface area (Å²) in [6.45, 7) is 6.23. The second-order valence-electron chi connectivity index (χ2n) is 6.90. The molecule has 0 radical (unpaired) electrons. The molecule has 1 aliphatic rings. The number of aromatic nitrogens is 2. The normalized spacial score (nSPS) is 13.7. The molecule has 26 heavy (non-hydrogen) atoms. The number of fused-ring (bicyclic) bond motifs is 4. The first-order valence-corrected chi connectivity index (χ1v) is 9.03. The second kappa shape index (κ2) is 5.95. The van der Waals surface area contributed by atoms with E-state index in [1.807, 2.05) is 13.0 Å². The number of nitrogens with zero attached hydrogens (tertiary/aromatic N) is 2. The zero-order valence-corrected chi connectivity index (χ0v) is 15.2. The third kappa shape index (κ3) is 2.27. The molecule has 1 unspecified atom stereocenters. The van der Waals surface area contributed by atoms with E-state index in [4.69, 9.17) is 4.98 Å². The Morgan fingerprint density at radius 1 is 1.27 bits per heavy atom. The number of aliphatic hydroxyl groups is 1. The van der Waals surface area contributed by atoms with Crippen LogP contribution in [-0.4, -0.2) is 19.8 Å². The Hall–Kier alpha value is -2.66. The van der Waals surface area contributed by atoms with Crippen LogP contribution in [0.5, 0.6) is 5.75 Å². The van der Waals surface area contributed by atoms with Crippen molar-refractivity contribution in [2.75, 3.05) is 0 Å². The SMILES string of the molecule is CCc1c2c(nc3ccc(O)cc13)-c1cc(C(O)CC)c(C)c(=O)n1C2. The molecule has 0 bridgehead atoms. The van der Waals surface area contributed by atoms with Gasteiger partial charge in [0.1, 0.15) is 5.75 Å². The van der Waals surface area contributed by atoms with Crippen molar-refractivity contribution in [1.82, 2.24) is 9.55 Å². The number of benzene rings is 1. The van der Waals surface area contributed by atoms with Gasteiger partial charge in [-0.15, -0.1) is 0 Å². The van der Waals surface area contributed by atoms with Crippen LogP contribution >= 0.6 is 0 Å². The Balaban J connectivity index is 2.05. The Bertz CT molecular complexity index is 1100. The maximum Gasteiger partial charge on any atom is 0.254 e. The van der Waals surface area contributed by atoms with Gasteiger partial charge in [0.2, 0.25) is 0 Å². The van der Waals surface area contributed by atoms with Gasteiger partial charge in [0.05, 0.1) is 29.6 Å². The second-order valence-corrected chi connectivity index (χ2v) is 6.90. The smallest absolute Gasteiger partial charge is 0.254 e. The van der Waals surface area contributed by atoms with Crippen LogP contribution < -0.4 is 5.56 Å². The molecule has 0 spiro atoms. The summed E-state index contributed by atoms with van der Waals surface area (Å²) in [6.07, 6.45) is 0.693. The molecular formula is C21H22N2O3. The summed E-state index contributed by atoms with van der Waals surface area (Å²) in [5, 5.41) is 21.1. The number of hydrogen-bond donors (Lipinski definition) is 2. The predicted octanol–water partition coefficient (Wildman–Crippen LogP) is 3.45. The Morgan fingerprint density at radius 2 is 2.04 bits per heavy atom. The van der Waals surface area contributed by atoms with E-state index < -0.39 is 6.10 Å². The summed E-state index contributed by atoms with van der Waals surface area (Å²) in [7, 11) is 0. The average molecular weight is 350 g/mol. The van der Waals surface area contributed by atoms with Crippen molar-refractivity contribution in [2.45, 2.75) is 46.3 Å². The first-order chi connectivity index (χ1) is 12.5. The minimum Gasteiger partial charge on any atom is -0.508 e. The highest BCUT2D eigenvalue weighted by atomic mass is 16.3. The molecule has 0 saturated heterocycles. The maximum absolute atomic E-state index is 12.9. The molecule has 3 heterocycles. The van der Waals surface area contributed by atoms with E-state index in [-0.39, 0.29) is 11.3 Å². The molecule has 1 aliphatic heterocycles. The molecular weight excluding hydrogens is 328 g/mol. The number of rotatable bonds is 3. The summed E-state index contributed by atoms with van der Waals surface area (Å²) in [6, 6.07) is 7.09. The highest BCUT2D eigenvalue weighted by Crippen LogP contribution is 2.37. The van der Waals surface area contributed by atoms with E-state index in [0.717, 1.165) is 39.8 Å². The van der Waals surface area contributed by atoms with E-state index in [9.17, 15) is 15.0 Å². The first-order valence-electron chi connectivity index (χ1n) is 9.03. The molecule has 134 valence electrons. The zero-order valence-electron chi connectivity index (χ0n) is 15.2. The monoisotopic (exact) mass is 350 g/mol. The number of hydrogen-bond acceptors (Lipinski definition) is 4. The topological polar surface area (TPSA) is 75.4 Å². The zero-order chi connectivity index (χ0) is 18.6. The average Bonchev–Trinajstić information content (AvgIpc) is 3.00. The first kappa shape index (κ1) is 16.8. The van der Waals surface area contributed by atoms with Crippen LogP contribution in [0.3, 0.4) is 0 Å². The van der Waals surface area contributed by atoms with Gasteiger partial charge >= 0.3 is 0 Å². The summed E-state index contributed by atoms with van der Waals surface area (Å²) in [4.78, 5) is 17.7. The Kier molecular flexibility index (Phi) is 3.84. The number of pyridine rings is 2. The lowest BCUT2D eigenvalue weighted by molar-refractivity contribution is 0.172. The van der Waals surface area contributed by atoms with Crippen molar-refractivity contribution in [3.8, 4) is 17.1 Å². The van der Waals surface area contributed by atoms with Gasteiger partial charge in [-0.3, -0.25) is 4.79 Å². The summed E-state index contributed by atoms with van der Waals surface area (Å²) in [5.41, 5.74) is 5.72. The third-order valence-electron chi connectivity index (χ3n) is 5.43. The number of aliphatic hydroxyl groups excluding tert-OH is 1. The number of phenolic OH excluding ortho intramolecular Hbond substituents is 1. The van der Waals surface area contributed by atoms with Crippen LogP contribution in [-0.2, 0) is 13.0 Å². The molecule has 0 aliphatic carbocycles. The maximum atomic E-state index is 12.9. The lowest BCUT2D eigenvalue weighted by Gasteiger charge is -2.14. The van der Waals surface area contributed by atoms with Crippen molar-refractivity contribution in [3.63, 3.8) is 0 Å². The third-order valence-corrected chi connectivity index (χ3v) is 5.43. The van der Waals surface area contributed by atoms with Crippen molar-refractivity contribution in [3.05, 3.63) is 56.9 Å². The van der Waals surface area contributed by atoms with E-state index in [1.54, 1.807) is 29.7 Å². The van der Waals surface area contributed by atoms with Gasteiger partial charge < -0.3 is 14.8 Å². The van der Waals surface area contributed by atoms with Crippen LogP contribution in [0.15, 0.2) is 29.1 Å². The van der Waals surface area contributed by atoms with Crippen LogP contribution in [0.1, 0.15) is 48.6 Å². The predicted molar refractivity (Wildman–Crippen MR) is 102 cm³/mol. The van der Waals surface area contributed by atoms with Crippen LogP contribution in [0.2, 0.25) is 0 Å². The van der Waals surface area contributed by atoms with Crippen LogP contribution in [0.25, 0.3) is 22.3 Å². The molecule has 5 nitrogen and oxygen atoms in total. The molecule has 0 saturated carbocycles. The lowest BCUT2D eigenvalue weighted by atomic mass is 9.97. The molecule has 0 amide bonds. The fourth-order valence-corrected chi connectivity index (χ4v) is 3.99. The minimum atomic E-state index is -0.652. The summed E-state index contributed by atoms with van der Waals surface area (Å²) < 4.78 is 1.75. The van der Waals surface area contributed by atoms with Crippen molar-refractivity contribution >= 4 is 10.9 Å². The quantitative estimate of drug-likeness (QED) is 0.593. The van der Waals surface area contributed by atoms with Gasteiger partial charge in [-0.25, -0.2) is 4.98 Å². The molecule has 0 fully saturated rings. The number of aryl methyl sites for hydroxylation is 1. The molecule has 4 rings (SSSR count). The minimum absolute atomic E-state index is 0.0723. The van der Waals surface area contributed by atoms with Crippen LogP contribution in [0, 0.1) is 6.92 Å². The molecule has 5 heteroatoms. The molecule has 2 N–H and O–H groups in total. The number of aromatic hydroxyl groups is 1. The van der Waals surface area contributed by atoms with E-state index in [0.29, 0.717) is 24.1 Å². The van der Waals surface area contributed by atoms with E-state index in [1.165, 1.54) is 0 Å². The molecule has 3 aromatic rings. The van der Waals surface area contributed by atoms with Crippen LogP contribution in [0.4, 0.5) is 0 Å². The Morgan fingerprint density at radius 3 is 2.73 bits per heavy atom. The summed E-state index contributed by atoms with van der Waals surface area (Å²) in [5.74, 6) is 0.214. The molecule has 1 atom stereocenters. The van der Waals surface area contributed by atoms with Crippen molar-refractivity contribution in [1.29, 1.82) is 0 Å². The van der Waals surface area contributed by atoms with E-state index in [2.05, 4.69) is 6.92 Å². The fourth-order valence-electron chi connectivity index (χ4n) is 3.99. The van der Waals surface area contributed by atoms with Gasteiger partial charge in [0.15, 0.2) is 0 Å². The van der Waals surface area contributed by atoms with Gasteiger partial charge in [0.25, 0.3) is 5.56 Å². The molecule has 2 aromatic heterocycles. The van der Waals surface area contributed by atoms with Crippen molar-refractivity contribution < 1.29 is 10.2 Å². The highest BCUT2D eigenvalue weighted by molar-refractivity contribution is 5.89. The molecule has 1 aromatic carbocycles. The fraction of sp³-hybridized carbons (Fsp3) is 0.333. The van der Waals surface area contributed by atoms with Gasteiger partial charge in [-0.2, -0.15) is 0 Å². The van der Waals surface area contributed by atoms with Crippen molar-refractivity contribution in [2.24, 2.45) is 0 Å². The van der Waals surface area contributed by atoms with E-state index >= 15 is 0 Å². The highest BCUT2D eigenvalue weighted by Gasteiger charge is 2.27. The van der Waals surface area contributed by atoms with Gasteiger partial charge in [-0.1, -0.05) is 13.8 Å². The largest absolute Gasteiger partial charge is 0.508 e. The number of phenols is 1. The summed E-state index contributed by atoms with van der Waals surface area (Å²) >= 11 is 0. The van der Waals surface area contributed by atoms with Gasteiger partial charge in [-0.05, 0) is 55.2 Å². The lowest BCUT2D eigenvalue weighted by Crippen LogP contribution is -2.23. The Labute approximate surface area is 151 Å². The standard InChI is InChI=1S/C21H22N2O3/c1-4-13-15-8-12(24)6-7-17(15)22-20-16(13)10-23-18(20)9-14(19(25)5-2)11(3)21(23)26/h6-9,19,24-25H,4-5,10H2,1-3H3.